The van der Waals surface area contributed by atoms with Crippen molar-refractivity contribution in [3.8, 4) is 0 Å². The van der Waals surface area contributed by atoms with Gasteiger partial charge in [-0.15, -0.1) is 0 Å². The van der Waals surface area contributed by atoms with Crippen molar-refractivity contribution in [3.63, 3.8) is 0 Å². The van der Waals surface area contributed by atoms with Crippen LogP contribution in [0.15, 0.2) is 0 Å². The molecule has 2 N–H and O–H groups in total. The molecule has 0 rings (SSSR count). The van der Waals surface area contributed by atoms with Crippen molar-refractivity contribution < 1.29 is 37.6 Å². The van der Waals surface area contributed by atoms with Gasteiger partial charge in [0.2, 0.25) is 11.8 Å². The Hall–Kier alpha value is -1.55. The minimum absolute atomic E-state index is 0. The van der Waals surface area contributed by atoms with Gasteiger partial charge in [0, 0.05) is 39.0 Å². The van der Waals surface area contributed by atoms with Crippen molar-refractivity contribution in [2.75, 3.05) is 26.2 Å². The minimum Gasteiger partial charge on any atom is -0.481 e. The zero-order valence-corrected chi connectivity index (χ0v) is 29.0. The van der Waals surface area contributed by atoms with Crippen molar-refractivity contribution in [1.82, 2.24) is 9.80 Å². The highest BCUT2D eigenvalue weighted by molar-refractivity contribution is 6.87. The number of nitrogens with zero attached hydrogens (tertiary/aromatic N) is 2. The standard InChI is InChI=1S/C26H54N2O8Si3.2CH4/c1-11-27(23(29)13-15-25(31)32)17-21(3)19-37(5,6)35-39(9,10)36-38(7,8)20-22(4)18-28(12-2)24(30)14-16-26(33)34;;/h21-22H,11-20H2,1-10H3,(H,31,32)(H,33,34);2*1H4. The van der Waals surface area contributed by atoms with Crippen molar-refractivity contribution in [3.05, 3.63) is 0 Å². The number of aliphatic carboxylic acids is 2. The Morgan fingerprint density at radius 1 is 0.634 bits per heavy atom. The smallest absolute Gasteiger partial charge is 0.311 e. The predicted molar refractivity (Wildman–Crippen MR) is 174 cm³/mol. The molecule has 0 aliphatic rings. The Morgan fingerprint density at radius 3 is 1.17 bits per heavy atom. The number of hydrogen-bond donors (Lipinski definition) is 2. The Balaban J connectivity index is -0.00000722. The van der Waals surface area contributed by atoms with Crippen molar-refractivity contribution in [2.45, 2.75) is 120 Å². The number of carboxylic acids is 2. The van der Waals surface area contributed by atoms with Gasteiger partial charge in [0.1, 0.15) is 0 Å². The second-order valence-corrected chi connectivity index (χ2v) is 24.7. The fraction of sp³-hybridized carbons (Fsp3) is 0.857. The van der Waals surface area contributed by atoms with Gasteiger partial charge in [-0.05, 0) is 77.1 Å². The summed E-state index contributed by atoms with van der Waals surface area (Å²) in [5.74, 6) is -1.75. The first-order valence-corrected chi connectivity index (χ1v) is 23.2. The number of carbonyl (C=O) groups excluding carboxylic acids is 2. The van der Waals surface area contributed by atoms with Gasteiger partial charge in [-0.25, -0.2) is 0 Å². The second-order valence-electron chi connectivity index (χ2n) is 12.4. The molecule has 0 aromatic carbocycles. The lowest BCUT2D eigenvalue weighted by atomic mass is 10.2. The summed E-state index contributed by atoms with van der Waals surface area (Å²) in [5.41, 5.74) is 0. The van der Waals surface area contributed by atoms with Gasteiger partial charge >= 0.3 is 20.5 Å². The average molecular weight is 639 g/mol. The summed E-state index contributed by atoms with van der Waals surface area (Å²) in [4.78, 5) is 50.0. The van der Waals surface area contributed by atoms with Gasteiger partial charge in [0.05, 0.1) is 12.8 Å². The molecule has 0 bridgehead atoms. The molecule has 2 atom stereocenters. The molecule has 2 amide bonds. The van der Waals surface area contributed by atoms with E-state index < -0.39 is 37.1 Å². The number of carboxylic acid groups (broad SMARTS) is 2. The summed E-state index contributed by atoms with van der Waals surface area (Å²) in [6.45, 7) is 23.2. The summed E-state index contributed by atoms with van der Waals surface area (Å²) in [7, 11) is -6.73. The highest BCUT2D eigenvalue weighted by Gasteiger charge is 2.41. The van der Waals surface area contributed by atoms with Crippen molar-refractivity contribution in [1.29, 1.82) is 0 Å². The van der Waals surface area contributed by atoms with Gasteiger partial charge < -0.3 is 28.2 Å². The van der Waals surface area contributed by atoms with E-state index in [1.165, 1.54) is 0 Å². The van der Waals surface area contributed by atoms with E-state index >= 15 is 0 Å². The quantitative estimate of drug-likeness (QED) is 0.153. The molecule has 0 fully saturated rings. The predicted octanol–water partition coefficient (Wildman–Crippen LogP) is 6.10. The lowest BCUT2D eigenvalue weighted by Gasteiger charge is -2.40. The maximum atomic E-state index is 12.4. The molecule has 244 valence electrons. The normalized spacial score (nSPS) is 13.3. The molecule has 0 heterocycles. The SMILES string of the molecule is C.C.CCN(CC(C)C[Si](C)(C)O[Si](C)(C)O[Si](C)(C)CC(C)CN(CC)C(=O)CCC(=O)O)C(=O)CCC(=O)O. The Kier molecular flexibility index (Phi) is 21.0. The fourth-order valence-electron chi connectivity index (χ4n) is 5.55. The van der Waals surface area contributed by atoms with E-state index in [-0.39, 0.29) is 64.2 Å². The molecular formula is C28H62N2O8Si3. The molecule has 0 saturated heterocycles. The second kappa shape index (κ2) is 19.6. The number of amides is 2. The van der Waals surface area contributed by atoms with Crippen LogP contribution in [-0.4, -0.2) is 95.1 Å². The van der Waals surface area contributed by atoms with E-state index in [2.05, 4.69) is 53.1 Å². The van der Waals surface area contributed by atoms with Crippen LogP contribution in [0.2, 0.25) is 51.4 Å². The first-order chi connectivity index (χ1) is 17.7. The number of carbonyl (C=O) groups is 4. The summed E-state index contributed by atoms with van der Waals surface area (Å²) in [6, 6.07) is 1.72. The molecule has 41 heavy (non-hydrogen) atoms. The highest BCUT2D eigenvalue weighted by Crippen LogP contribution is 2.29. The van der Waals surface area contributed by atoms with Crippen molar-refractivity contribution in [2.24, 2.45) is 11.8 Å². The van der Waals surface area contributed by atoms with Crippen LogP contribution < -0.4 is 0 Å². The third-order valence-corrected chi connectivity index (χ3v) is 18.1. The summed E-state index contributed by atoms with van der Waals surface area (Å²) in [5, 5.41) is 17.8. The average Bonchev–Trinajstić information content (AvgIpc) is 2.74. The van der Waals surface area contributed by atoms with E-state index in [9.17, 15) is 19.2 Å². The third-order valence-electron chi connectivity index (χ3n) is 6.36. The molecule has 0 spiro atoms. The molecular weight excluding hydrogens is 577 g/mol. The van der Waals surface area contributed by atoms with E-state index in [1.54, 1.807) is 9.80 Å². The van der Waals surface area contributed by atoms with E-state index in [0.29, 0.717) is 26.2 Å². The molecule has 0 aliphatic carbocycles. The summed E-state index contributed by atoms with van der Waals surface area (Å²) < 4.78 is 13.5. The van der Waals surface area contributed by atoms with E-state index in [4.69, 9.17) is 18.4 Å². The third kappa shape index (κ3) is 20.1. The van der Waals surface area contributed by atoms with Crippen LogP contribution in [0.25, 0.3) is 0 Å². The number of hydrogen-bond acceptors (Lipinski definition) is 6. The fourth-order valence-corrected chi connectivity index (χ4v) is 21.0. The van der Waals surface area contributed by atoms with Crippen LogP contribution in [0.1, 0.15) is 68.2 Å². The highest BCUT2D eigenvalue weighted by atomic mass is 28.5. The topological polar surface area (TPSA) is 134 Å². The Bertz CT molecular complexity index is 760. The Morgan fingerprint density at radius 2 is 0.927 bits per heavy atom. The monoisotopic (exact) mass is 638 g/mol. The van der Waals surface area contributed by atoms with Crippen LogP contribution >= 0.6 is 0 Å². The van der Waals surface area contributed by atoms with Gasteiger partial charge in [-0.2, -0.15) is 0 Å². The van der Waals surface area contributed by atoms with Crippen LogP contribution in [0.3, 0.4) is 0 Å². The van der Waals surface area contributed by atoms with E-state index in [0.717, 1.165) is 12.1 Å². The van der Waals surface area contributed by atoms with Crippen LogP contribution in [0.5, 0.6) is 0 Å². The first kappa shape index (κ1) is 43.9. The van der Waals surface area contributed by atoms with E-state index in [1.807, 2.05) is 13.8 Å². The summed E-state index contributed by atoms with van der Waals surface area (Å²) >= 11 is 0. The molecule has 2 unspecified atom stereocenters. The zero-order valence-electron chi connectivity index (χ0n) is 26.0. The largest absolute Gasteiger partial charge is 0.481 e. The van der Waals surface area contributed by atoms with Gasteiger partial charge in [0.15, 0.2) is 16.6 Å². The lowest BCUT2D eigenvalue weighted by molar-refractivity contribution is -0.141. The minimum atomic E-state index is -2.47. The van der Waals surface area contributed by atoms with Gasteiger partial charge in [-0.1, -0.05) is 28.7 Å². The van der Waals surface area contributed by atoms with Crippen LogP contribution in [-0.2, 0) is 27.4 Å². The maximum absolute atomic E-state index is 12.4. The first-order valence-electron chi connectivity index (χ1n) is 14.1. The van der Waals surface area contributed by atoms with Gasteiger partial charge in [-0.3, -0.25) is 19.2 Å². The molecule has 0 radical (unpaired) electrons. The molecule has 0 aliphatic heterocycles. The molecule has 10 nitrogen and oxygen atoms in total. The lowest BCUT2D eigenvalue weighted by Crippen LogP contribution is -2.53. The van der Waals surface area contributed by atoms with Crippen molar-refractivity contribution >= 4 is 48.9 Å². The number of rotatable bonds is 20. The molecule has 0 aromatic rings. The van der Waals surface area contributed by atoms with Gasteiger partial charge in [0.25, 0.3) is 0 Å². The van der Waals surface area contributed by atoms with Crippen LogP contribution in [0, 0.1) is 11.8 Å². The molecule has 0 saturated carbocycles. The van der Waals surface area contributed by atoms with Crippen LogP contribution in [0.4, 0.5) is 0 Å². The molecule has 13 heteroatoms. The summed E-state index contributed by atoms with van der Waals surface area (Å²) in [6.07, 6.45) is -0.267. The Labute approximate surface area is 253 Å². The maximum Gasteiger partial charge on any atom is 0.311 e. The molecule has 0 aromatic heterocycles. The zero-order chi connectivity index (χ0) is 30.6.